The fraction of sp³-hybridized carbons (Fsp3) is 0.182. The Morgan fingerprint density at radius 1 is 1.46 bits per heavy atom. The molecule has 1 rings (SSSR count). The molecule has 0 N–H and O–H groups in total. The SMILES string of the molecule is C=CCc1ccc(OC(C)=O)cc1. The van der Waals surface area contributed by atoms with Crippen LogP contribution in [-0.4, -0.2) is 5.97 Å². The van der Waals surface area contributed by atoms with Gasteiger partial charge in [0, 0.05) is 6.92 Å². The maximum absolute atomic E-state index is 10.6. The van der Waals surface area contributed by atoms with E-state index in [0.717, 1.165) is 12.0 Å². The second kappa shape index (κ2) is 4.45. The van der Waals surface area contributed by atoms with Crippen LogP contribution in [-0.2, 0) is 11.2 Å². The van der Waals surface area contributed by atoms with Gasteiger partial charge in [-0.2, -0.15) is 0 Å². The van der Waals surface area contributed by atoms with Gasteiger partial charge in [0.15, 0.2) is 0 Å². The predicted octanol–water partition coefficient (Wildman–Crippen LogP) is 2.34. The van der Waals surface area contributed by atoms with Gasteiger partial charge in [-0.15, -0.1) is 6.58 Å². The van der Waals surface area contributed by atoms with Gasteiger partial charge in [0.1, 0.15) is 5.75 Å². The van der Waals surface area contributed by atoms with E-state index in [4.69, 9.17) is 4.74 Å². The van der Waals surface area contributed by atoms with Crippen molar-refractivity contribution in [1.82, 2.24) is 0 Å². The van der Waals surface area contributed by atoms with E-state index >= 15 is 0 Å². The van der Waals surface area contributed by atoms with Crippen molar-refractivity contribution in [2.45, 2.75) is 13.3 Å². The molecule has 2 heteroatoms. The van der Waals surface area contributed by atoms with Gasteiger partial charge in [-0.1, -0.05) is 18.2 Å². The van der Waals surface area contributed by atoms with Crippen molar-refractivity contribution >= 4 is 5.97 Å². The molecule has 1 aromatic carbocycles. The Hall–Kier alpha value is -1.57. The third kappa shape index (κ3) is 3.11. The minimum atomic E-state index is -0.295. The smallest absolute Gasteiger partial charge is 0.308 e. The molecular weight excluding hydrogens is 164 g/mol. The number of benzene rings is 1. The van der Waals surface area contributed by atoms with E-state index in [1.54, 1.807) is 12.1 Å². The average molecular weight is 176 g/mol. The molecule has 0 amide bonds. The fourth-order valence-electron chi connectivity index (χ4n) is 1.03. The minimum Gasteiger partial charge on any atom is -0.427 e. The van der Waals surface area contributed by atoms with E-state index in [0.29, 0.717) is 5.75 Å². The van der Waals surface area contributed by atoms with E-state index in [1.165, 1.54) is 6.92 Å². The maximum Gasteiger partial charge on any atom is 0.308 e. The molecule has 13 heavy (non-hydrogen) atoms. The van der Waals surface area contributed by atoms with Crippen molar-refractivity contribution in [3.8, 4) is 5.75 Å². The summed E-state index contributed by atoms with van der Waals surface area (Å²) in [6.45, 7) is 5.03. The van der Waals surface area contributed by atoms with Crippen LogP contribution >= 0.6 is 0 Å². The van der Waals surface area contributed by atoms with Gasteiger partial charge in [0.05, 0.1) is 0 Å². The number of hydrogen-bond acceptors (Lipinski definition) is 2. The van der Waals surface area contributed by atoms with Crippen molar-refractivity contribution in [2.75, 3.05) is 0 Å². The summed E-state index contributed by atoms with van der Waals surface area (Å²) in [5, 5.41) is 0. The zero-order valence-electron chi connectivity index (χ0n) is 7.62. The normalized spacial score (nSPS) is 9.31. The lowest BCUT2D eigenvalue weighted by atomic mass is 10.1. The first-order valence-corrected chi connectivity index (χ1v) is 4.10. The lowest BCUT2D eigenvalue weighted by Crippen LogP contribution is -2.00. The van der Waals surface area contributed by atoms with Crippen molar-refractivity contribution in [3.05, 3.63) is 42.5 Å². The van der Waals surface area contributed by atoms with Gasteiger partial charge in [0.25, 0.3) is 0 Å². The molecule has 0 heterocycles. The highest BCUT2D eigenvalue weighted by molar-refractivity contribution is 5.69. The summed E-state index contributed by atoms with van der Waals surface area (Å²) in [4.78, 5) is 10.6. The monoisotopic (exact) mass is 176 g/mol. The molecule has 0 saturated heterocycles. The number of allylic oxidation sites excluding steroid dienone is 1. The third-order valence-electron chi connectivity index (χ3n) is 1.56. The summed E-state index contributed by atoms with van der Waals surface area (Å²) in [7, 11) is 0. The molecule has 0 aliphatic carbocycles. The lowest BCUT2D eigenvalue weighted by molar-refractivity contribution is -0.131. The fourth-order valence-corrected chi connectivity index (χ4v) is 1.03. The number of carbonyl (C=O) groups excluding carboxylic acids is 1. The van der Waals surface area contributed by atoms with E-state index in [9.17, 15) is 4.79 Å². The average Bonchev–Trinajstić information content (AvgIpc) is 2.08. The molecule has 2 nitrogen and oxygen atoms in total. The predicted molar refractivity (Wildman–Crippen MR) is 51.7 cm³/mol. The van der Waals surface area contributed by atoms with E-state index in [2.05, 4.69) is 6.58 Å². The summed E-state index contributed by atoms with van der Waals surface area (Å²) >= 11 is 0. The molecule has 0 atom stereocenters. The molecule has 0 unspecified atom stereocenters. The van der Waals surface area contributed by atoms with Gasteiger partial charge in [-0.25, -0.2) is 0 Å². The summed E-state index contributed by atoms with van der Waals surface area (Å²) < 4.78 is 4.88. The van der Waals surface area contributed by atoms with Crippen LogP contribution in [0.2, 0.25) is 0 Å². The Bertz CT molecular complexity index is 298. The van der Waals surface area contributed by atoms with Crippen molar-refractivity contribution in [3.63, 3.8) is 0 Å². The summed E-state index contributed by atoms with van der Waals surface area (Å²) in [6, 6.07) is 7.39. The molecule has 0 fully saturated rings. The Morgan fingerprint density at radius 2 is 2.08 bits per heavy atom. The standard InChI is InChI=1S/C11H12O2/c1-3-4-10-5-7-11(8-6-10)13-9(2)12/h3,5-8H,1,4H2,2H3. The van der Waals surface area contributed by atoms with Crippen LogP contribution in [0.4, 0.5) is 0 Å². The maximum atomic E-state index is 10.6. The Morgan fingerprint density at radius 3 is 2.54 bits per heavy atom. The van der Waals surface area contributed by atoms with Crippen molar-refractivity contribution in [1.29, 1.82) is 0 Å². The molecule has 0 saturated carbocycles. The molecule has 0 aliphatic heterocycles. The van der Waals surface area contributed by atoms with Crippen molar-refractivity contribution in [2.24, 2.45) is 0 Å². The van der Waals surface area contributed by atoms with Crippen LogP contribution < -0.4 is 4.74 Å². The third-order valence-corrected chi connectivity index (χ3v) is 1.56. The molecule has 1 aromatic rings. The second-order valence-electron chi connectivity index (χ2n) is 2.73. The number of ether oxygens (including phenoxy) is 1. The van der Waals surface area contributed by atoms with Crippen LogP contribution in [0.5, 0.6) is 5.75 Å². The molecule has 0 bridgehead atoms. The second-order valence-corrected chi connectivity index (χ2v) is 2.73. The lowest BCUT2D eigenvalue weighted by Gasteiger charge is -2.01. The first-order chi connectivity index (χ1) is 6.22. The number of esters is 1. The van der Waals surface area contributed by atoms with Gasteiger partial charge >= 0.3 is 5.97 Å². The van der Waals surface area contributed by atoms with Gasteiger partial charge < -0.3 is 4.74 Å². The molecular formula is C11H12O2. The van der Waals surface area contributed by atoms with Crippen LogP contribution in [0.3, 0.4) is 0 Å². The Labute approximate surface area is 77.8 Å². The van der Waals surface area contributed by atoms with E-state index in [1.807, 2.05) is 18.2 Å². The summed E-state index contributed by atoms with van der Waals surface area (Å²) in [5.41, 5.74) is 1.16. The summed E-state index contributed by atoms with van der Waals surface area (Å²) in [6.07, 6.45) is 2.67. The highest BCUT2D eigenvalue weighted by atomic mass is 16.5. The molecule has 0 radical (unpaired) electrons. The summed E-state index contributed by atoms with van der Waals surface area (Å²) in [5.74, 6) is 0.289. The molecule has 0 aliphatic rings. The number of rotatable bonds is 3. The zero-order valence-corrected chi connectivity index (χ0v) is 7.62. The highest BCUT2D eigenvalue weighted by Crippen LogP contribution is 2.12. The van der Waals surface area contributed by atoms with Crippen LogP contribution in [0.25, 0.3) is 0 Å². The topological polar surface area (TPSA) is 26.3 Å². The van der Waals surface area contributed by atoms with E-state index < -0.39 is 0 Å². The van der Waals surface area contributed by atoms with Crippen LogP contribution in [0.15, 0.2) is 36.9 Å². The Balaban J connectivity index is 2.69. The van der Waals surface area contributed by atoms with Crippen LogP contribution in [0.1, 0.15) is 12.5 Å². The quantitative estimate of drug-likeness (QED) is 0.401. The van der Waals surface area contributed by atoms with Gasteiger partial charge in [-0.05, 0) is 24.1 Å². The number of hydrogen-bond donors (Lipinski definition) is 0. The van der Waals surface area contributed by atoms with Gasteiger partial charge in [-0.3, -0.25) is 4.79 Å². The Kier molecular flexibility index (Phi) is 3.26. The van der Waals surface area contributed by atoms with Crippen molar-refractivity contribution < 1.29 is 9.53 Å². The van der Waals surface area contributed by atoms with Crippen LogP contribution in [0, 0.1) is 0 Å². The first-order valence-electron chi connectivity index (χ1n) is 4.10. The highest BCUT2D eigenvalue weighted by Gasteiger charge is 1.96. The first kappa shape index (κ1) is 9.52. The zero-order chi connectivity index (χ0) is 9.68. The molecule has 0 aromatic heterocycles. The molecule has 68 valence electrons. The minimum absolute atomic E-state index is 0.295. The number of carbonyl (C=O) groups is 1. The van der Waals surface area contributed by atoms with Gasteiger partial charge in [0.2, 0.25) is 0 Å². The van der Waals surface area contributed by atoms with E-state index in [-0.39, 0.29) is 5.97 Å². The largest absolute Gasteiger partial charge is 0.427 e. The molecule has 0 spiro atoms.